The first-order valence-electron chi connectivity index (χ1n) is 7.58. The van der Waals surface area contributed by atoms with Crippen LogP contribution >= 0.6 is 11.8 Å². The lowest BCUT2D eigenvalue weighted by atomic mass is 10.3. The summed E-state index contributed by atoms with van der Waals surface area (Å²) in [4.78, 5) is 12.4. The Labute approximate surface area is 161 Å². The Morgan fingerprint density at radius 2 is 2.22 bits per heavy atom. The molecule has 146 valence electrons. The molecule has 0 aliphatic heterocycles. The molecule has 2 aromatic heterocycles. The number of hydrogen-bond donors (Lipinski definition) is 0. The highest BCUT2D eigenvalue weighted by molar-refractivity contribution is 8.04. The van der Waals surface area contributed by atoms with E-state index in [-0.39, 0.29) is 22.6 Å². The second-order valence-corrected chi connectivity index (χ2v) is 7.93. The number of nitrogens with zero attached hydrogens (tertiary/aromatic N) is 4. The molecule has 0 spiro atoms. The summed E-state index contributed by atoms with van der Waals surface area (Å²) in [5.41, 5.74) is -3.73. The third-order valence-electron chi connectivity index (χ3n) is 3.35. The maximum absolute atomic E-state index is 12.6. The molecule has 2 heterocycles. The van der Waals surface area contributed by atoms with E-state index < -0.39 is 16.3 Å². The summed E-state index contributed by atoms with van der Waals surface area (Å²) in [7, 11) is 1.77. The van der Waals surface area contributed by atoms with Gasteiger partial charge in [-0.2, -0.15) is 13.2 Å². The van der Waals surface area contributed by atoms with Crippen LogP contribution in [-0.2, 0) is 17.8 Å². The van der Waals surface area contributed by atoms with Crippen LogP contribution in [-0.4, -0.2) is 43.8 Å². The van der Waals surface area contributed by atoms with Crippen molar-refractivity contribution < 1.29 is 22.1 Å². The van der Waals surface area contributed by atoms with Gasteiger partial charge in [-0.25, -0.2) is 9.97 Å². The van der Waals surface area contributed by atoms with Crippen LogP contribution < -0.4 is 4.74 Å². The van der Waals surface area contributed by atoms with Crippen LogP contribution in [0, 0.1) is 0 Å². The van der Waals surface area contributed by atoms with Crippen LogP contribution in [0.15, 0.2) is 33.4 Å². The number of alkyl halides is 3. The number of pyridine rings is 1. The molecule has 1 atom stereocenters. The molecule has 0 aromatic carbocycles. The number of imidazole rings is 1. The first kappa shape index (κ1) is 21.2. The van der Waals surface area contributed by atoms with Crippen LogP contribution in [0.25, 0.3) is 17.5 Å². The molecule has 2 aromatic rings. The number of rotatable bonds is 7. The van der Waals surface area contributed by atoms with Crippen molar-refractivity contribution in [1.82, 2.24) is 14.5 Å². The highest BCUT2D eigenvalue weighted by atomic mass is 32.2. The van der Waals surface area contributed by atoms with Gasteiger partial charge in [0.15, 0.2) is 0 Å². The predicted molar refractivity (Wildman–Crippen MR) is 101 cm³/mol. The molecule has 11 heteroatoms. The van der Waals surface area contributed by atoms with Crippen LogP contribution in [0.5, 0.6) is 5.75 Å². The molecule has 2 rings (SSSR count). The van der Waals surface area contributed by atoms with Gasteiger partial charge in [-0.1, -0.05) is 6.92 Å². The minimum atomic E-state index is -4.48. The molecule has 6 nitrogen and oxygen atoms in total. The van der Waals surface area contributed by atoms with Gasteiger partial charge < -0.3 is 9.30 Å². The molecule has 0 saturated heterocycles. The first-order valence-corrected chi connectivity index (χ1v) is 9.72. The number of methoxy groups -OCH3 is 1. The Morgan fingerprint density at radius 1 is 1.52 bits per heavy atom. The molecule has 0 radical (unpaired) electrons. The largest absolute Gasteiger partial charge is 0.495 e. The van der Waals surface area contributed by atoms with Crippen LogP contribution in [0.3, 0.4) is 0 Å². The van der Waals surface area contributed by atoms with E-state index >= 15 is 0 Å². The van der Waals surface area contributed by atoms with Gasteiger partial charge in [0.1, 0.15) is 28.0 Å². The van der Waals surface area contributed by atoms with E-state index in [1.807, 2.05) is 0 Å². The van der Waals surface area contributed by atoms with Crippen LogP contribution in [0.4, 0.5) is 13.2 Å². The van der Waals surface area contributed by atoms with Crippen molar-refractivity contribution in [2.24, 2.45) is 12.0 Å². The first-order chi connectivity index (χ1) is 12.7. The van der Waals surface area contributed by atoms with Crippen molar-refractivity contribution in [3.63, 3.8) is 0 Å². The zero-order valence-electron chi connectivity index (χ0n) is 14.8. The Hall–Kier alpha value is -2.14. The fourth-order valence-electron chi connectivity index (χ4n) is 2.12. The topological polar surface area (TPSA) is 69.4 Å². The minimum absolute atomic E-state index is 0.231. The summed E-state index contributed by atoms with van der Waals surface area (Å²) in [6.45, 7) is 4.93. The second kappa shape index (κ2) is 8.70. The Kier molecular flexibility index (Phi) is 6.82. The van der Waals surface area contributed by atoms with Gasteiger partial charge in [0.05, 0.1) is 29.0 Å². The van der Waals surface area contributed by atoms with Gasteiger partial charge in [0.25, 0.3) is 0 Å². The summed E-state index contributed by atoms with van der Waals surface area (Å²) < 4.78 is 56.7. The maximum atomic E-state index is 12.6. The normalized spacial score (nSPS) is 13.5. The van der Waals surface area contributed by atoms with Gasteiger partial charge in [-0.3, -0.25) is 9.20 Å². The molecular weight excluding hydrogens is 401 g/mol. The zero-order valence-corrected chi connectivity index (χ0v) is 16.4. The number of thioether (sulfide) groups is 1. The van der Waals surface area contributed by atoms with Gasteiger partial charge >= 0.3 is 5.51 Å². The summed E-state index contributed by atoms with van der Waals surface area (Å²) in [6.07, 6.45) is 4.23. The summed E-state index contributed by atoms with van der Waals surface area (Å²) in [5.74, 6) is 1.05. The van der Waals surface area contributed by atoms with Gasteiger partial charge in [-0.15, -0.1) is 0 Å². The molecule has 0 aliphatic rings. The van der Waals surface area contributed by atoms with Gasteiger partial charge in [-0.05, 0) is 6.72 Å². The van der Waals surface area contributed by atoms with E-state index in [2.05, 4.69) is 21.7 Å². The number of ether oxygens (including phenoxy) is 1. The van der Waals surface area contributed by atoms with Crippen LogP contribution in [0.1, 0.15) is 12.7 Å². The SMILES string of the molecule is C=N/C(=C\c1nc(-c2ncc(OC)cc2S(=O)CC)cn1C)SC(F)(F)F. The smallest absolute Gasteiger partial charge is 0.447 e. The molecule has 0 aliphatic carbocycles. The third kappa shape index (κ3) is 5.42. The van der Waals surface area contributed by atoms with Crippen molar-refractivity contribution in [3.8, 4) is 17.1 Å². The van der Waals surface area contributed by atoms with Crippen molar-refractivity contribution in [3.05, 3.63) is 29.3 Å². The highest BCUT2D eigenvalue weighted by Gasteiger charge is 2.30. The lowest BCUT2D eigenvalue weighted by Gasteiger charge is -2.07. The van der Waals surface area contributed by atoms with Crippen molar-refractivity contribution in [2.45, 2.75) is 17.3 Å². The quantitative estimate of drug-likeness (QED) is 0.639. The fourth-order valence-corrected chi connectivity index (χ4v) is 3.52. The Bertz CT molecular complexity index is 894. The lowest BCUT2D eigenvalue weighted by molar-refractivity contribution is -0.0322. The monoisotopic (exact) mass is 418 g/mol. The van der Waals surface area contributed by atoms with E-state index in [1.54, 1.807) is 26.2 Å². The molecule has 1 unspecified atom stereocenters. The third-order valence-corrected chi connectivity index (χ3v) is 5.37. The summed E-state index contributed by atoms with van der Waals surface area (Å²) >= 11 is -0.375. The van der Waals surface area contributed by atoms with Gasteiger partial charge in [0.2, 0.25) is 0 Å². The molecule has 0 amide bonds. The average Bonchev–Trinajstić information content (AvgIpc) is 2.99. The standard InChI is InChI=1S/C16H17F3N4O2S2/c1-5-27(24)12-6-10(25-4)8-21-15(12)11-9-23(3)13(22-11)7-14(20-2)26-16(17,18)19/h6-9H,2,5H2,1,3-4H3/b14-7+. The van der Waals surface area contributed by atoms with E-state index in [1.165, 1.54) is 23.9 Å². The minimum Gasteiger partial charge on any atom is -0.495 e. The maximum Gasteiger partial charge on any atom is 0.447 e. The van der Waals surface area contributed by atoms with E-state index in [0.717, 1.165) is 0 Å². The van der Waals surface area contributed by atoms with Gasteiger partial charge in [0, 0.05) is 42.9 Å². The Morgan fingerprint density at radius 3 is 2.78 bits per heavy atom. The predicted octanol–water partition coefficient (Wildman–Crippen LogP) is 3.87. The van der Waals surface area contributed by atoms with E-state index in [9.17, 15) is 17.4 Å². The van der Waals surface area contributed by atoms with E-state index in [0.29, 0.717) is 27.8 Å². The fraction of sp³-hybridized carbons (Fsp3) is 0.312. The molecule has 0 N–H and O–H groups in total. The molecule has 0 saturated carbocycles. The van der Waals surface area contributed by atoms with Crippen molar-refractivity contribution >= 4 is 35.4 Å². The van der Waals surface area contributed by atoms with Crippen molar-refractivity contribution in [1.29, 1.82) is 0 Å². The number of halogens is 3. The number of hydrogen-bond acceptors (Lipinski definition) is 6. The molecule has 27 heavy (non-hydrogen) atoms. The summed E-state index contributed by atoms with van der Waals surface area (Å²) in [6, 6.07) is 1.61. The number of aromatic nitrogens is 3. The van der Waals surface area contributed by atoms with Crippen molar-refractivity contribution in [2.75, 3.05) is 12.9 Å². The van der Waals surface area contributed by atoms with Crippen LogP contribution in [0.2, 0.25) is 0 Å². The number of aryl methyl sites for hydroxylation is 1. The zero-order chi connectivity index (χ0) is 20.2. The molecular formula is C16H17F3N4O2S2. The number of aliphatic imine (C=N–C) groups is 1. The Balaban J connectivity index is 2.50. The highest BCUT2D eigenvalue weighted by Crippen LogP contribution is 2.37. The summed E-state index contributed by atoms with van der Waals surface area (Å²) in [5, 5.41) is -0.331. The molecule has 0 bridgehead atoms. The average molecular weight is 418 g/mol. The van der Waals surface area contributed by atoms with E-state index in [4.69, 9.17) is 4.74 Å². The lowest BCUT2D eigenvalue weighted by Crippen LogP contribution is -2.01. The molecule has 0 fully saturated rings. The second-order valence-electron chi connectivity index (χ2n) is 5.14.